The molecule has 0 aliphatic carbocycles. The lowest BCUT2D eigenvalue weighted by Gasteiger charge is -2.32. The second kappa shape index (κ2) is 15.3. The molecular weight excluding hydrogens is 587 g/mol. The number of rotatable bonds is 8. The largest absolute Gasteiger partial charge is 0.416 e. The van der Waals surface area contributed by atoms with Crippen molar-refractivity contribution in [3.05, 3.63) is 106 Å². The van der Waals surface area contributed by atoms with Gasteiger partial charge in [-0.05, 0) is 104 Å². The zero-order valence-corrected chi connectivity index (χ0v) is 25.2. The van der Waals surface area contributed by atoms with Crippen molar-refractivity contribution in [1.29, 1.82) is 0 Å². The number of alkyl halides is 3. The number of Topliss-reactive ketones (excluding diaryl/α,β-unsaturated/α-hetero) is 1. The van der Waals surface area contributed by atoms with E-state index in [1.165, 1.54) is 35.4 Å². The SMILES string of the molecule is Cl.Cl.O=C(CCC1CCN(Cc2cccc(C(F)(F)F)c2)CC1)c1ccc2c(c1)CN(Cc1ccc(F)cc1)CCC2. The smallest absolute Gasteiger partial charge is 0.299 e. The van der Waals surface area contributed by atoms with E-state index >= 15 is 0 Å². The van der Waals surface area contributed by atoms with Gasteiger partial charge in [0.15, 0.2) is 5.78 Å². The number of aryl methyl sites for hydroxylation is 1. The first-order chi connectivity index (χ1) is 19.2. The minimum Gasteiger partial charge on any atom is -0.299 e. The lowest BCUT2D eigenvalue weighted by molar-refractivity contribution is -0.137. The fourth-order valence-corrected chi connectivity index (χ4v) is 6.00. The predicted molar refractivity (Wildman–Crippen MR) is 163 cm³/mol. The molecule has 42 heavy (non-hydrogen) atoms. The molecule has 0 saturated carbocycles. The van der Waals surface area contributed by atoms with Crippen molar-refractivity contribution < 1.29 is 22.4 Å². The Hall–Kier alpha value is -2.45. The average Bonchev–Trinajstić information content (AvgIpc) is 3.14. The molecule has 1 saturated heterocycles. The van der Waals surface area contributed by atoms with E-state index in [-0.39, 0.29) is 36.4 Å². The Kier molecular flexibility index (Phi) is 12.4. The lowest BCUT2D eigenvalue weighted by Crippen LogP contribution is -2.33. The molecule has 3 aromatic rings. The van der Waals surface area contributed by atoms with Crippen molar-refractivity contribution in [3.63, 3.8) is 0 Å². The second-order valence-corrected chi connectivity index (χ2v) is 11.3. The minimum absolute atomic E-state index is 0. The number of hydrogen-bond donors (Lipinski definition) is 0. The van der Waals surface area contributed by atoms with Gasteiger partial charge >= 0.3 is 6.18 Å². The van der Waals surface area contributed by atoms with E-state index in [2.05, 4.69) is 21.9 Å². The maximum atomic E-state index is 13.3. The van der Waals surface area contributed by atoms with Crippen LogP contribution < -0.4 is 0 Å². The Morgan fingerprint density at radius 2 is 1.52 bits per heavy atom. The number of carbonyl (C=O) groups excluding carboxylic acids is 1. The molecule has 2 aliphatic rings. The quantitative estimate of drug-likeness (QED) is 0.185. The van der Waals surface area contributed by atoms with Gasteiger partial charge in [-0.25, -0.2) is 4.39 Å². The van der Waals surface area contributed by atoms with Crippen molar-refractivity contribution in [3.8, 4) is 0 Å². The highest BCUT2D eigenvalue weighted by Gasteiger charge is 2.30. The Labute approximate surface area is 258 Å². The van der Waals surface area contributed by atoms with Crippen LogP contribution in [0.15, 0.2) is 66.7 Å². The summed E-state index contributed by atoms with van der Waals surface area (Å²) < 4.78 is 52.4. The normalized spacial score (nSPS) is 16.6. The van der Waals surface area contributed by atoms with Gasteiger partial charge in [-0.2, -0.15) is 13.2 Å². The van der Waals surface area contributed by atoms with E-state index in [1.807, 2.05) is 18.2 Å². The third kappa shape index (κ3) is 9.27. The Bertz CT molecular complexity index is 1310. The molecule has 228 valence electrons. The molecular formula is C33H38Cl2F4N2O. The molecule has 3 aromatic carbocycles. The van der Waals surface area contributed by atoms with Gasteiger partial charge < -0.3 is 0 Å². The fraction of sp³-hybridized carbons (Fsp3) is 0.424. The molecule has 0 N–H and O–H groups in total. The summed E-state index contributed by atoms with van der Waals surface area (Å²) in [5.74, 6) is 0.395. The first-order valence-corrected chi connectivity index (χ1v) is 14.2. The summed E-state index contributed by atoms with van der Waals surface area (Å²) in [5.41, 5.74) is 4.43. The van der Waals surface area contributed by atoms with E-state index in [0.717, 1.165) is 82.0 Å². The van der Waals surface area contributed by atoms with Crippen LogP contribution in [0.1, 0.15) is 70.3 Å². The van der Waals surface area contributed by atoms with Crippen LogP contribution in [0.25, 0.3) is 0 Å². The van der Waals surface area contributed by atoms with Crippen molar-refractivity contribution in [2.45, 2.75) is 64.3 Å². The Balaban J connectivity index is 0.00000242. The highest BCUT2D eigenvalue weighted by molar-refractivity contribution is 5.96. The molecule has 9 heteroatoms. The molecule has 0 amide bonds. The monoisotopic (exact) mass is 624 g/mol. The van der Waals surface area contributed by atoms with Gasteiger partial charge in [-0.3, -0.25) is 14.6 Å². The summed E-state index contributed by atoms with van der Waals surface area (Å²) in [5, 5.41) is 0. The highest BCUT2D eigenvalue weighted by atomic mass is 35.5. The van der Waals surface area contributed by atoms with E-state index in [4.69, 9.17) is 0 Å². The summed E-state index contributed by atoms with van der Waals surface area (Å²) in [6.45, 7) is 4.67. The number of likely N-dealkylation sites (tertiary alicyclic amines) is 1. The summed E-state index contributed by atoms with van der Waals surface area (Å²) in [6.07, 6.45) is 0.969. The number of halogens is 6. The molecule has 2 heterocycles. The van der Waals surface area contributed by atoms with Crippen molar-refractivity contribution in [1.82, 2.24) is 9.80 Å². The van der Waals surface area contributed by atoms with E-state index in [0.29, 0.717) is 24.4 Å². The predicted octanol–water partition coefficient (Wildman–Crippen LogP) is 8.51. The van der Waals surface area contributed by atoms with Crippen LogP contribution in [0.2, 0.25) is 0 Å². The zero-order valence-electron chi connectivity index (χ0n) is 23.5. The number of carbonyl (C=O) groups is 1. The number of nitrogens with zero attached hydrogens (tertiary/aromatic N) is 2. The molecule has 0 unspecified atom stereocenters. The van der Waals surface area contributed by atoms with Crippen LogP contribution in [-0.2, 0) is 32.2 Å². The number of fused-ring (bicyclic) bond motifs is 1. The van der Waals surface area contributed by atoms with Crippen LogP contribution in [0.3, 0.4) is 0 Å². The standard InChI is InChI=1S/C33H36F4N2O.2ClH/c34-31-11-6-25(7-12-31)21-39-16-2-4-27-9-10-28(20-29(27)23-39)32(40)13-8-24-14-17-38(18-15-24)22-26-3-1-5-30(19-26)33(35,36)37;;/h1,3,5-7,9-12,19-20,24H,2,4,8,13-18,21-23H2;2*1H. The minimum atomic E-state index is -4.32. The van der Waals surface area contributed by atoms with Crippen molar-refractivity contribution >= 4 is 30.6 Å². The lowest BCUT2D eigenvalue weighted by atomic mass is 9.89. The number of ketones is 1. The highest BCUT2D eigenvalue weighted by Crippen LogP contribution is 2.31. The van der Waals surface area contributed by atoms with Gasteiger partial charge in [0.2, 0.25) is 0 Å². The topological polar surface area (TPSA) is 23.6 Å². The van der Waals surface area contributed by atoms with E-state index in [9.17, 15) is 22.4 Å². The third-order valence-electron chi connectivity index (χ3n) is 8.31. The molecule has 2 aliphatic heterocycles. The molecule has 0 radical (unpaired) electrons. The average molecular weight is 626 g/mol. The van der Waals surface area contributed by atoms with Gasteiger partial charge in [0.05, 0.1) is 5.56 Å². The molecule has 1 fully saturated rings. The van der Waals surface area contributed by atoms with Gasteiger partial charge in [0.1, 0.15) is 5.82 Å². The number of piperidine rings is 1. The van der Waals surface area contributed by atoms with Crippen molar-refractivity contribution in [2.75, 3.05) is 19.6 Å². The number of hydrogen-bond acceptors (Lipinski definition) is 3. The second-order valence-electron chi connectivity index (χ2n) is 11.3. The molecule has 0 spiro atoms. The number of benzene rings is 3. The summed E-state index contributed by atoms with van der Waals surface area (Å²) in [7, 11) is 0. The van der Waals surface area contributed by atoms with Gasteiger partial charge in [-0.15, -0.1) is 24.8 Å². The fourth-order valence-electron chi connectivity index (χ4n) is 6.00. The van der Waals surface area contributed by atoms with Crippen LogP contribution in [0.4, 0.5) is 17.6 Å². The summed E-state index contributed by atoms with van der Waals surface area (Å²) in [4.78, 5) is 17.7. The van der Waals surface area contributed by atoms with Crippen LogP contribution >= 0.6 is 24.8 Å². The Morgan fingerprint density at radius 1 is 0.810 bits per heavy atom. The molecule has 0 aromatic heterocycles. The van der Waals surface area contributed by atoms with Gasteiger partial charge in [0, 0.05) is 31.6 Å². The Morgan fingerprint density at radius 3 is 2.24 bits per heavy atom. The molecule has 0 bridgehead atoms. The molecule has 3 nitrogen and oxygen atoms in total. The third-order valence-corrected chi connectivity index (χ3v) is 8.31. The van der Waals surface area contributed by atoms with Crippen molar-refractivity contribution in [2.24, 2.45) is 5.92 Å². The first kappa shape index (κ1) is 34.0. The first-order valence-electron chi connectivity index (χ1n) is 14.2. The molecule has 0 atom stereocenters. The van der Waals surface area contributed by atoms with E-state index in [1.54, 1.807) is 6.07 Å². The zero-order chi connectivity index (χ0) is 28.1. The van der Waals surface area contributed by atoms with Gasteiger partial charge in [-0.1, -0.05) is 42.5 Å². The van der Waals surface area contributed by atoms with Crippen LogP contribution in [-0.4, -0.2) is 35.2 Å². The maximum absolute atomic E-state index is 13.3. The molecule has 5 rings (SSSR count). The van der Waals surface area contributed by atoms with E-state index < -0.39 is 11.7 Å². The van der Waals surface area contributed by atoms with Gasteiger partial charge in [0.25, 0.3) is 0 Å². The maximum Gasteiger partial charge on any atom is 0.416 e. The van der Waals surface area contributed by atoms with Crippen LogP contribution in [0, 0.1) is 11.7 Å². The summed E-state index contributed by atoms with van der Waals surface area (Å²) >= 11 is 0. The summed E-state index contributed by atoms with van der Waals surface area (Å²) in [6, 6.07) is 18.4. The van der Waals surface area contributed by atoms with Crippen LogP contribution in [0.5, 0.6) is 0 Å².